The van der Waals surface area contributed by atoms with Gasteiger partial charge in [-0.2, -0.15) is 0 Å². The molecule has 1 amide bonds. The van der Waals surface area contributed by atoms with Gasteiger partial charge >= 0.3 is 12.1 Å². The Kier molecular flexibility index (Phi) is 6.04. The third kappa shape index (κ3) is 6.35. The van der Waals surface area contributed by atoms with E-state index in [1.165, 1.54) is 0 Å². The van der Waals surface area contributed by atoms with E-state index in [0.29, 0.717) is 15.1 Å². The van der Waals surface area contributed by atoms with Crippen molar-refractivity contribution in [3.05, 3.63) is 33.3 Å². The highest BCUT2D eigenvalue weighted by atomic mass is 79.9. The lowest BCUT2D eigenvalue weighted by Crippen LogP contribution is -2.35. The van der Waals surface area contributed by atoms with Crippen LogP contribution in [0.2, 0.25) is 5.02 Å². The van der Waals surface area contributed by atoms with E-state index < -0.39 is 23.7 Å². The topological polar surface area (TPSA) is 75.6 Å². The zero-order valence-corrected chi connectivity index (χ0v) is 14.3. The summed E-state index contributed by atoms with van der Waals surface area (Å²) < 4.78 is 5.77. The van der Waals surface area contributed by atoms with Crippen molar-refractivity contribution in [3.8, 4) is 0 Å². The van der Waals surface area contributed by atoms with Gasteiger partial charge in [0, 0.05) is 9.50 Å². The minimum atomic E-state index is -1.03. The maximum Gasteiger partial charge on any atom is 0.408 e. The number of hydrogen-bond acceptors (Lipinski definition) is 3. The monoisotopic (exact) mass is 377 g/mol. The Hall–Kier alpha value is -1.27. The first-order valence-corrected chi connectivity index (χ1v) is 7.42. The summed E-state index contributed by atoms with van der Waals surface area (Å²) in [5.41, 5.74) is -0.0395. The number of ether oxygens (including phenoxy) is 1. The molecular formula is C14H17BrClNO4. The molecule has 0 bridgehead atoms. The van der Waals surface area contributed by atoms with Crippen LogP contribution < -0.4 is 5.32 Å². The second kappa shape index (κ2) is 7.13. The molecule has 0 aliphatic rings. The average molecular weight is 379 g/mol. The van der Waals surface area contributed by atoms with Gasteiger partial charge in [0.25, 0.3) is 0 Å². The van der Waals surface area contributed by atoms with E-state index in [-0.39, 0.29) is 6.42 Å². The van der Waals surface area contributed by atoms with Gasteiger partial charge in [-0.3, -0.25) is 4.79 Å². The number of nitrogens with one attached hydrogen (secondary N) is 1. The van der Waals surface area contributed by atoms with E-state index in [9.17, 15) is 9.59 Å². The fraction of sp³-hybridized carbons (Fsp3) is 0.429. The second-order valence-corrected chi connectivity index (χ2v) is 6.75. The highest BCUT2D eigenvalue weighted by Gasteiger charge is 2.23. The summed E-state index contributed by atoms with van der Waals surface area (Å²) in [6.45, 7) is 5.20. The van der Waals surface area contributed by atoms with Crippen LogP contribution >= 0.6 is 27.5 Å². The maximum atomic E-state index is 11.8. The number of benzene rings is 1. The van der Waals surface area contributed by atoms with Crippen LogP contribution in [-0.2, 0) is 9.53 Å². The van der Waals surface area contributed by atoms with Crippen LogP contribution in [0.3, 0.4) is 0 Å². The Labute approximate surface area is 136 Å². The third-order valence-corrected chi connectivity index (χ3v) is 3.33. The predicted octanol–water partition coefficient (Wildman–Crippen LogP) is 4.14. The number of alkyl carbamates (subject to hydrolysis) is 1. The Morgan fingerprint density at radius 3 is 2.52 bits per heavy atom. The van der Waals surface area contributed by atoms with Crippen molar-refractivity contribution in [2.24, 2.45) is 0 Å². The zero-order valence-electron chi connectivity index (χ0n) is 11.9. The molecular weight excluding hydrogens is 362 g/mol. The SMILES string of the molecule is CC(C)(C)OC(=O)NC(CC(=O)O)c1ccc(Cl)cc1Br. The molecule has 2 N–H and O–H groups in total. The first-order chi connectivity index (χ1) is 9.58. The number of amides is 1. The van der Waals surface area contributed by atoms with Crippen molar-refractivity contribution in [2.75, 3.05) is 0 Å². The van der Waals surface area contributed by atoms with Gasteiger partial charge < -0.3 is 15.2 Å². The molecule has 1 unspecified atom stereocenters. The van der Waals surface area contributed by atoms with Gasteiger partial charge in [-0.1, -0.05) is 33.6 Å². The molecule has 1 aromatic rings. The van der Waals surface area contributed by atoms with Crippen LogP contribution in [0.1, 0.15) is 38.8 Å². The first-order valence-electron chi connectivity index (χ1n) is 6.25. The average Bonchev–Trinajstić information content (AvgIpc) is 2.24. The number of carbonyl (C=O) groups is 2. The normalized spacial score (nSPS) is 12.6. The molecule has 0 spiro atoms. The Morgan fingerprint density at radius 2 is 2.05 bits per heavy atom. The molecule has 0 fully saturated rings. The summed E-state index contributed by atoms with van der Waals surface area (Å²) in [7, 11) is 0. The van der Waals surface area contributed by atoms with Gasteiger partial charge in [-0.05, 0) is 38.5 Å². The van der Waals surface area contributed by atoms with Crippen LogP contribution in [-0.4, -0.2) is 22.8 Å². The van der Waals surface area contributed by atoms with Gasteiger partial charge in [0.1, 0.15) is 5.60 Å². The van der Waals surface area contributed by atoms with Crippen molar-refractivity contribution in [1.29, 1.82) is 0 Å². The maximum absolute atomic E-state index is 11.8. The van der Waals surface area contributed by atoms with Gasteiger partial charge in [0.2, 0.25) is 0 Å². The summed E-state index contributed by atoms with van der Waals surface area (Å²) in [5.74, 6) is -1.03. The van der Waals surface area contributed by atoms with Gasteiger partial charge in [0.05, 0.1) is 12.5 Å². The quantitative estimate of drug-likeness (QED) is 0.825. The van der Waals surface area contributed by atoms with Crippen LogP contribution in [0.15, 0.2) is 22.7 Å². The van der Waals surface area contributed by atoms with Gasteiger partial charge in [0.15, 0.2) is 0 Å². The van der Waals surface area contributed by atoms with Crippen molar-refractivity contribution < 1.29 is 19.4 Å². The zero-order chi connectivity index (χ0) is 16.2. The molecule has 0 saturated carbocycles. The lowest BCUT2D eigenvalue weighted by molar-refractivity contribution is -0.137. The number of carboxylic acid groups (broad SMARTS) is 1. The molecule has 5 nitrogen and oxygen atoms in total. The summed E-state index contributed by atoms with van der Waals surface area (Å²) in [6, 6.07) is 4.22. The fourth-order valence-electron chi connectivity index (χ4n) is 1.65. The van der Waals surface area contributed by atoms with Crippen molar-refractivity contribution in [2.45, 2.75) is 38.8 Å². The molecule has 1 rings (SSSR count). The van der Waals surface area contributed by atoms with Crippen LogP contribution in [0.25, 0.3) is 0 Å². The minimum absolute atomic E-state index is 0.264. The van der Waals surface area contributed by atoms with E-state index in [2.05, 4.69) is 21.2 Å². The van der Waals surface area contributed by atoms with E-state index in [1.807, 2.05) is 0 Å². The number of carboxylic acids is 1. The molecule has 21 heavy (non-hydrogen) atoms. The molecule has 0 aliphatic heterocycles. The van der Waals surface area contributed by atoms with Crippen LogP contribution in [0.5, 0.6) is 0 Å². The summed E-state index contributed by atoms with van der Waals surface area (Å²) in [5, 5.41) is 12.1. The highest BCUT2D eigenvalue weighted by molar-refractivity contribution is 9.10. The predicted molar refractivity (Wildman–Crippen MR) is 83.5 cm³/mol. The smallest absolute Gasteiger partial charge is 0.408 e. The molecule has 1 aromatic carbocycles. The Morgan fingerprint density at radius 1 is 1.43 bits per heavy atom. The molecule has 1 atom stereocenters. The van der Waals surface area contributed by atoms with Crippen molar-refractivity contribution in [1.82, 2.24) is 5.32 Å². The molecule has 0 aliphatic carbocycles. The molecule has 0 heterocycles. The summed E-state index contributed by atoms with van der Waals surface area (Å²) in [4.78, 5) is 22.8. The lowest BCUT2D eigenvalue weighted by Gasteiger charge is -2.23. The van der Waals surface area contributed by atoms with E-state index in [4.69, 9.17) is 21.4 Å². The standard InChI is InChI=1S/C14H17BrClNO4/c1-14(2,3)21-13(20)17-11(7-12(18)19)9-5-4-8(16)6-10(9)15/h4-6,11H,7H2,1-3H3,(H,17,20)(H,18,19). The number of halogens is 2. The molecule has 0 saturated heterocycles. The molecule has 0 aromatic heterocycles. The number of rotatable bonds is 4. The van der Waals surface area contributed by atoms with E-state index in [1.54, 1.807) is 39.0 Å². The summed E-state index contributed by atoms with van der Waals surface area (Å²) in [6.07, 6.45) is -0.935. The Balaban J connectivity index is 2.95. The Bertz CT molecular complexity index is 542. The van der Waals surface area contributed by atoms with E-state index >= 15 is 0 Å². The fourth-order valence-corrected chi connectivity index (χ4v) is 2.61. The molecule has 7 heteroatoms. The van der Waals surface area contributed by atoms with Crippen LogP contribution in [0.4, 0.5) is 4.79 Å². The first kappa shape index (κ1) is 17.8. The number of hydrogen-bond donors (Lipinski definition) is 2. The largest absolute Gasteiger partial charge is 0.481 e. The number of carbonyl (C=O) groups excluding carboxylic acids is 1. The molecule has 116 valence electrons. The minimum Gasteiger partial charge on any atom is -0.481 e. The second-order valence-electron chi connectivity index (χ2n) is 5.46. The molecule has 0 radical (unpaired) electrons. The number of aliphatic carboxylic acids is 1. The lowest BCUT2D eigenvalue weighted by atomic mass is 10.0. The van der Waals surface area contributed by atoms with Gasteiger partial charge in [-0.25, -0.2) is 4.79 Å². The van der Waals surface area contributed by atoms with Gasteiger partial charge in [-0.15, -0.1) is 0 Å². The third-order valence-electron chi connectivity index (χ3n) is 2.41. The van der Waals surface area contributed by atoms with Crippen molar-refractivity contribution in [3.63, 3.8) is 0 Å². The highest BCUT2D eigenvalue weighted by Crippen LogP contribution is 2.28. The van der Waals surface area contributed by atoms with E-state index in [0.717, 1.165) is 0 Å². The van der Waals surface area contributed by atoms with Crippen LogP contribution in [0, 0.1) is 0 Å². The summed E-state index contributed by atoms with van der Waals surface area (Å²) >= 11 is 9.18. The van der Waals surface area contributed by atoms with Crippen molar-refractivity contribution >= 4 is 39.6 Å².